The molecule has 0 bridgehead atoms. The van der Waals surface area contributed by atoms with Crippen LogP contribution in [0.3, 0.4) is 0 Å². The second kappa shape index (κ2) is 5.81. The van der Waals surface area contributed by atoms with Gasteiger partial charge in [0, 0.05) is 0 Å². The van der Waals surface area contributed by atoms with Gasteiger partial charge in [0.05, 0.1) is 6.42 Å². The molecule has 2 nitrogen and oxygen atoms in total. The Morgan fingerprint density at radius 2 is 2.29 bits per heavy atom. The van der Waals surface area contributed by atoms with Crippen LogP contribution in [-0.4, -0.2) is 29.9 Å². The summed E-state index contributed by atoms with van der Waals surface area (Å²) in [5, 5.41) is 7.84. The first-order valence-electron chi connectivity index (χ1n) is 1.60. The summed E-state index contributed by atoms with van der Waals surface area (Å²) in [6, 6.07) is 0. The normalized spacial score (nSPS) is 6.29. The molecule has 0 unspecified atom stereocenters. The van der Waals surface area contributed by atoms with Crippen LogP contribution in [0.2, 0.25) is 0 Å². The summed E-state index contributed by atoms with van der Waals surface area (Å²) >= 11 is 0. The Morgan fingerprint density at radius 3 is 2.29 bits per heavy atom. The van der Waals surface area contributed by atoms with E-state index in [2.05, 4.69) is 6.58 Å². The predicted octanol–water partition coefficient (Wildman–Crippen LogP) is -0.00140. The molecule has 0 fully saturated rings. The summed E-state index contributed by atoms with van der Waals surface area (Å²) in [6.45, 7) is 3.22. The van der Waals surface area contributed by atoms with Gasteiger partial charge >= 0.3 is 24.8 Å². The van der Waals surface area contributed by atoms with Crippen LogP contribution in [0.5, 0.6) is 0 Å². The van der Waals surface area contributed by atoms with Crippen molar-refractivity contribution in [1.82, 2.24) is 0 Å². The van der Waals surface area contributed by atoms with E-state index in [9.17, 15) is 4.79 Å². The van der Waals surface area contributed by atoms with E-state index in [-0.39, 0.29) is 25.3 Å². The molecule has 0 aliphatic rings. The van der Waals surface area contributed by atoms with Crippen molar-refractivity contribution in [3.8, 4) is 0 Å². The van der Waals surface area contributed by atoms with E-state index in [1.165, 1.54) is 6.08 Å². The van der Waals surface area contributed by atoms with Gasteiger partial charge in [-0.1, -0.05) is 6.08 Å². The second-order valence-electron chi connectivity index (χ2n) is 0.887. The van der Waals surface area contributed by atoms with E-state index in [4.69, 9.17) is 5.11 Å². The Labute approximate surface area is 54.4 Å². The molecule has 1 N–H and O–H groups in total. The van der Waals surface area contributed by atoms with Crippen LogP contribution in [0.1, 0.15) is 6.42 Å². The zero-order valence-corrected chi connectivity index (χ0v) is 3.35. The molecule has 0 heterocycles. The van der Waals surface area contributed by atoms with Gasteiger partial charge in [-0.25, -0.2) is 0 Å². The molecule has 0 spiro atoms. The van der Waals surface area contributed by atoms with Gasteiger partial charge in [0.2, 0.25) is 0 Å². The molecule has 36 valence electrons. The second-order valence-corrected chi connectivity index (χ2v) is 0.887. The quantitative estimate of drug-likeness (QED) is 0.386. The van der Waals surface area contributed by atoms with Gasteiger partial charge in [-0.05, 0) is 0 Å². The Kier molecular flexibility index (Phi) is 8.24. The molecule has 0 rings (SSSR count). The molecule has 0 aromatic carbocycles. The first kappa shape index (κ1) is 9.93. The van der Waals surface area contributed by atoms with Gasteiger partial charge in [0.1, 0.15) is 0 Å². The fourth-order valence-corrected chi connectivity index (χ4v) is 0.123. The molecule has 0 aliphatic carbocycles. The SMILES string of the molecule is C=CCC(=O)O.[LiH]. The van der Waals surface area contributed by atoms with Crippen molar-refractivity contribution in [1.29, 1.82) is 0 Å². The Balaban J connectivity index is 0. The summed E-state index contributed by atoms with van der Waals surface area (Å²) in [7, 11) is 0. The Hall–Kier alpha value is -0.193. The third-order valence-electron chi connectivity index (χ3n) is 0.319. The summed E-state index contributed by atoms with van der Waals surface area (Å²) in [4.78, 5) is 9.53. The van der Waals surface area contributed by atoms with Crippen molar-refractivity contribution < 1.29 is 9.90 Å². The van der Waals surface area contributed by atoms with Crippen molar-refractivity contribution >= 4 is 24.8 Å². The third-order valence-corrected chi connectivity index (χ3v) is 0.319. The zero-order chi connectivity index (χ0) is 4.99. The van der Waals surface area contributed by atoms with Crippen LogP contribution >= 0.6 is 0 Å². The first-order valence-corrected chi connectivity index (χ1v) is 1.60. The van der Waals surface area contributed by atoms with Crippen molar-refractivity contribution in [2.45, 2.75) is 6.42 Å². The molecular formula is C4H7LiO2. The maximum absolute atomic E-state index is 9.53. The fourth-order valence-electron chi connectivity index (χ4n) is 0.123. The molecule has 0 aliphatic heterocycles. The minimum absolute atomic E-state index is 0. The van der Waals surface area contributed by atoms with E-state index >= 15 is 0 Å². The number of hydrogen-bond donors (Lipinski definition) is 1. The van der Waals surface area contributed by atoms with Gasteiger partial charge in [-0.2, -0.15) is 0 Å². The van der Waals surface area contributed by atoms with Gasteiger partial charge in [0.25, 0.3) is 0 Å². The van der Waals surface area contributed by atoms with Crippen LogP contribution < -0.4 is 0 Å². The molecular weight excluding hydrogens is 87.0 g/mol. The van der Waals surface area contributed by atoms with Gasteiger partial charge in [0.15, 0.2) is 0 Å². The number of hydrogen-bond acceptors (Lipinski definition) is 1. The van der Waals surface area contributed by atoms with E-state index in [0.717, 1.165) is 0 Å². The minimum atomic E-state index is -0.829. The maximum atomic E-state index is 9.53. The molecule has 7 heavy (non-hydrogen) atoms. The number of carboxylic acid groups (broad SMARTS) is 1. The van der Waals surface area contributed by atoms with Crippen LogP contribution in [0.15, 0.2) is 12.7 Å². The molecule has 0 radical (unpaired) electrons. The van der Waals surface area contributed by atoms with E-state index < -0.39 is 5.97 Å². The number of aliphatic carboxylic acids is 1. The molecule has 0 saturated heterocycles. The summed E-state index contributed by atoms with van der Waals surface area (Å²) in [5.74, 6) is -0.829. The van der Waals surface area contributed by atoms with Gasteiger partial charge < -0.3 is 5.11 Å². The summed E-state index contributed by atoms with van der Waals surface area (Å²) in [5.41, 5.74) is 0. The molecule has 0 amide bonds. The molecule has 0 aromatic rings. The predicted molar refractivity (Wildman–Crippen MR) is 29.6 cm³/mol. The molecule has 0 saturated carbocycles. The molecule has 3 heteroatoms. The summed E-state index contributed by atoms with van der Waals surface area (Å²) in [6.07, 6.45) is 1.41. The van der Waals surface area contributed by atoms with Crippen molar-refractivity contribution in [3.63, 3.8) is 0 Å². The van der Waals surface area contributed by atoms with Crippen LogP contribution in [0.25, 0.3) is 0 Å². The standard InChI is InChI=1S/C4H6O2.Li.H/c1-2-3-4(5)6;;/h2H,1,3H2,(H,5,6);;. The number of carboxylic acids is 1. The van der Waals surface area contributed by atoms with Gasteiger partial charge in [-0.3, -0.25) is 4.79 Å². The van der Waals surface area contributed by atoms with E-state index in [0.29, 0.717) is 0 Å². The average Bonchev–Trinajstić information content (AvgIpc) is 1.35. The topological polar surface area (TPSA) is 37.3 Å². The van der Waals surface area contributed by atoms with Crippen molar-refractivity contribution in [2.24, 2.45) is 0 Å². The summed E-state index contributed by atoms with van der Waals surface area (Å²) < 4.78 is 0. The average molecular weight is 94.0 g/mol. The first-order chi connectivity index (χ1) is 2.77. The van der Waals surface area contributed by atoms with E-state index in [1.54, 1.807) is 0 Å². The number of carbonyl (C=O) groups is 1. The van der Waals surface area contributed by atoms with E-state index in [1.807, 2.05) is 0 Å². The van der Waals surface area contributed by atoms with Gasteiger partial charge in [-0.15, -0.1) is 6.58 Å². The zero-order valence-electron chi connectivity index (χ0n) is 3.35. The fraction of sp³-hybridized carbons (Fsp3) is 0.250. The van der Waals surface area contributed by atoms with Crippen LogP contribution in [0.4, 0.5) is 0 Å². The number of rotatable bonds is 2. The molecule has 0 atom stereocenters. The van der Waals surface area contributed by atoms with Crippen molar-refractivity contribution in [2.75, 3.05) is 0 Å². The third kappa shape index (κ3) is 10.7. The van der Waals surface area contributed by atoms with Crippen molar-refractivity contribution in [3.05, 3.63) is 12.7 Å². The Bertz CT molecular complexity index is 70.1. The van der Waals surface area contributed by atoms with Crippen LogP contribution in [-0.2, 0) is 4.79 Å². The molecule has 0 aromatic heterocycles. The Morgan fingerprint density at radius 1 is 1.86 bits per heavy atom. The monoisotopic (exact) mass is 94.1 g/mol. The van der Waals surface area contributed by atoms with Crippen LogP contribution in [0, 0.1) is 0 Å².